The Morgan fingerprint density at radius 2 is 1.07 bits per heavy atom. The van der Waals surface area contributed by atoms with Crippen LogP contribution in [0.5, 0.6) is 0 Å². The maximum Gasteiger partial charge on any atom is 0.268 e. The average molecular weight is 833 g/mol. The van der Waals surface area contributed by atoms with E-state index in [-0.39, 0.29) is 12.5 Å². The number of amides is 1. The number of nitrogens with one attached hydrogen (secondary N) is 1. The molecule has 336 valence electrons. The number of unbranched alkanes of at least 4 members (excludes halogenated alkanes) is 18. The van der Waals surface area contributed by atoms with Gasteiger partial charge in [-0.25, -0.2) is 0 Å². The van der Waals surface area contributed by atoms with Crippen molar-refractivity contribution in [2.24, 2.45) is 0 Å². The Bertz CT molecular complexity index is 1170. The summed E-state index contributed by atoms with van der Waals surface area (Å²) >= 11 is 0. The van der Waals surface area contributed by atoms with Crippen LogP contribution in [0.1, 0.15) is 181 Å². The zero-order valence-electron chi connectivity index (χ0n) is 38.0. The SMILES string of the molecule is CC/C=C\C/C=C\C/C=C\C/C=C\CCCCCCCCCCCCC(=O)NC(COP(=O)([O-])OCC[N+](C)(C)C)C(O)/C=C/CC/C=C/CCCCCCCCC. The molecular weight excluding hydrogens is 744 g/mol. The van der Waals surface area contributed by atoms with Crippen LogP contribution in [0.15, 0.2) is 72.9 Å². The summed E-state index contributed by atoms with van der Waals surface area (Å²) in [5, 5.41) is 13.8. The largest absolute Gasteiger partial charge is 0.756 e. The minimum atomic E-state index is -4.60. The van der Waals surface area contributed by atoms with Gasteiger partial charge in [0.15, 0.2) is 0 Å². The highest BCUT2D eigenvalue weighted by molar-refractivity contribution is 7.45. The first-order valence-corrected chi connectivity index (χ1v) is 24.8. The van der Waals surface area contributed by atoms with Gasteiger partial charge in [-0.2, -0.15) is 0 Å². The molecule has 0 spiro atoms. The first-order valence-electron chi connectivity index (χ1n) is 23.3. The summed E-state index contributed by atoms with van der Waals surface area (Å²) in [6, 6.07) is -0.908. The molecule has 2 N–H and O–H groups in total. The first-order chi connectivity index (χ1) is 28.0. The predicted octanol–water partition coefficient (Wildman–Crippen LogP) is 12.6. The maximum absolute atomic E-state index is 12.9. The smallest absolute Gasteiger partial charge is 0.268 e. The van der Waals surface area contributed by atoms with Gasteiger partial charge in [0.05, 0.1) is 39.9 Å². The fraction of sp³-hybridized carbons (Fsp3) is 0.735. The standard InChI is InChI=1S/C49H89N2O6P/c1-6-8-10-12-14-16-18-20-21-22-23-24-25-26-27-28-29-31-33-35-37-39-41-43-49(53)50-47(46-57-58(54,55)56-45-44-51(3,4)5)48(52)42-40-38-36-34-32-30-19-17-15-13-11-9-7-2/h8,10,14,16,20-21,23-24,32,34,40,42,47-48,52H,6-7,9,11-13,15,17-19,22,25-31,33,35-39,41,43-46H2,1-5H3,(H-,50,53,54,55)/b10-8-,16-14-,21-20-,24-23-,34-32+,42-40+. The predicted molar refractivity (Wildman–Crippen MR) is 247 cm³/mol. The van der Waals surface area contributed by atoms with Crippen LogP contribution in [0, 0.1) is 0 Å². The molecule has 1 amide bonds. The van der Waals surface area contributed by atoms with Gasteiger partial charge in [-0.1, -0.05) is 177 Å². The molecule has 9 heteroatoms. The summed E-state index contributed by atoms with van der Waals surface area (Å²) in [5.41, 5.74) is 0. The minimum absolute atomic E-state index is 0.0104. The van der Waals surface area contributed by atoms with Crippen molar-refractivity contribution in [3.8, 4) is 0 Å². The number of quaternary nitrogens is 1. The van der Waals surface area contributed by atoms with E-state index in [0.29, 0.717) is 17.4 Å². The van der Waals surface area contributed by atoms with E-state index in [4.69, 9.17) is 9.05 Å². The second kappa shape index (κ2) is 40.4. The lowest BCUT2D eigenvalue weighted by atomic mass is 10.0. The molecule has 58 heavy (non-hydrogen) atoms. The van der Waals surface area contributed by atoms with Gasteiger partial charge < -0.3 is 28.8 Å². The molecule has 0 saturated carbocycles. The molecule has 0 rings (SSSR count). The van der Waals surface area contributed by atoms with Gasteiger partial charge in [-0.3, -0.25) is 9.36 Å². The Hall–Kier alpha value is -2.06. The van der Waals surface area contributed by atoms with Crippen molar-refractivity contribution in [3.63, 3.8) is 0 Å². The van der Waals surface area contributed by atoms with Gasteiger partial charge in [0, 0.05) is 6.42 Å². The lowest BCUT2D eigenvalue weighted by molar-refractivity contribution is -0.870. The number of aliphatic hydroxyl groups is 1. The van der Waals surface area contributed by atoms with Crippen molar-refractivity contribution in [2.75, 3.05) is 40.9 Å². The summed E-state index contributed by atoms with van der Waals surface area (Å²) in [5.74, 6) is -0.216. The highest BCUT2D eigenvalue weighted by Gasteiger charge is 2.23. The Morgan fingerprint density at radius 3 is 1.60 bits per heavy atom. The molecule has 0 heterocycles. The van der Waals surface area contributed by atoms with Gasteiger partial charge in [-0.05, 0) is 70.6 Å². The molecule has 0 aliphatic heterocycles. The molecule has 8 nitrogen and oxygen atoms in total. The molecule has 3 unspecified atom stereocenters. The third-order valence-electron chi connectivity index (χ3n) is 9.90. The molecule has 0 radical (unpaired) electrons. The molecule has 0 saturated heterocycles. The van der Waals surface area contributed by atoms with Gasteiger partial charge >= 0.3 is 0 Å². The van der Waals surface area contributed by atoms with Gasteiger partial charge in [0.25, 0.3) is 7.82 Å². The Morgan fingerprint density at radius 1 is 0.621 bits per heavy atom. The molecule has 0 aromatic heterocycles. The monoisotopic (exact) mass is 833 g/mol. The van der Waals surface area contributed by atoms with Crippen molar-refractivity contribution in [1.29, 1.82) is 0 Å². The number of nitrogens with zero attached hydrogens (tertiary/aromatic N) is 1. The second-order valence-electron chi connectivity index (χ2n) is 16.7. The maximum atomic E-state index is 12.9. The fourth-order valence-electron chi connectivity index (χ4n) is 6.22. The number of aliphatic hydroxyl groups excluding tert-OH is 1. The summed E-state index contributed by atoms with van der Waals surface area (Å²) in [6.07, 6.45) is 53.8. The molecule has 3 atom stereocenters. The van der Waals surface area contributed by atoms with Crippen LogP contribution in [0.3, 0.4) is 0 Å². The number of rotatable bonds is 41. The van der Waals surface area contributed by atoms with E-state index in [9.17, 15) is 19.4 Å². The highest BCUT2D eigenvalue weighted by atomic mass is 31.2. The second-order valence-corrected chi connectivity index (χ2v) is 18.1. The topological polar surface area (TPSA) is 108 Å². The molecule has 0 aromatic carbocycles. The summed E-state index contributed by atoms with van der Waals surface area (Å²) in [6.45, 7) is 4.48. The van der Waals surface area contributed by atoms with E-state index >= 15 is 0 Å². The van der Waals surface area contributed by atoms with Crippen molar-refractivity contribution in [2.45, 2.75) is 193 Å². The number of likely N-dealkylation sites (N-methyl/N-ethyl adjacent to an activating group) is 1. The third kappa shape index (κ3) is 42.1. The van der Waals surface area contributed by atoms with E-state index in [2.05, 4.69) is 79.9 Å². The van der Waals surface area contributed by atoms with Crippen molar-refractivity contribution in [1.82, 2.24) is 5.32 Å². The van der Waals surface area contributed by atoms with Crippen molar-refractivity contribution in [3.05, 3.63) is 72.9 Å². The average Bonchev–Trinajstić information content (AvgIpc) is 3.17. The van der Waals surface area contributed by atoms with Crippen LogP contribution in [0.2, 0.25) is 0 Å². The first kappa shape index (κ1) is 55.9. The van der Waals surface area contributed by atoms with Crippen molar-refractivity contribution >= 4 is 13.7 Å². The summed E-state index contributed by atoms with van der Waals surface area (Å²) in [7, 11) is 1.23. The number of phosphoric ester groups is 1. The molecule has 0 aromatic rings. The molecule has 0 aliphatic carbocycles. The normalized spacial score (nSPS) is 14.9. The van der Waals surface area contributed by atoms with Gasteiger partial charge in [0.2, 0.25) is 5.91 Å². The Kier molecular flexibility index (Phi) is 38.9. The number of carbonyl (C=O) groups excluding carboxylic acids is 1. The molecule has 0 bridgehead atoms. The molecule has 0 aliphatic rings. The lowest BCUT2D eigenvalue weighted by Crippen LogP contribution is -2.45. The van der Waals surface area contributed by atoms with Crippen LogP contribution >= 0.6 is 7.82 Å². The Labute approximate surface area is 357 Å². The van der Waals surface area contributed by atoms with Gasteiger partial charge in [-0.15, -0.1) is 0 Å². The van der Waals surface area contributed by atoms with E-state index < -0.39 is 26.6 Å². The van der Waals surface area contributed by atoms with E-state index in [1.165, 1.54) is 89.9 Å². The lowest BCUT2D eigenvalue weighted by Gasteiger charge is -2.29. The van der Waals surface area contributed by atoms with Crippen LogP contribution in [-0.4, -0.2) is 68.5 Å². The van der Waals surface area contributed by atoms with E-state index in [0.717, 1.165) is 70.6 Å². The number of phosphoric acid groups is 1. The Balaban J connectivity index is 4.36. The number of hydrogen-bond acceptors (Lipinski definition) is 6. The van der Waals surface area contributed by atoms with Crippen LogP contribution in [-0.2, 0) is 18.4 Å². The van der Waals surface area contributed by atoms with Crippen molar-refractivity contribution < 1.29 is 32.9 Å². The van der Waals surface area contributed by atoms with Gasteiger partial charge in [0.1, 0.15) is 13.2 Å². The van der Waals surface area contributed by atoms with Crippen LogP contribution in [0.4, 0.5) is 0 Å². The minimum Gasteiger partial charge on any atom is -0.756 e. The quantitative estimate of drug-likeness (QED) is 0.0275. The summed E-state index contributed by atoms with van der Waals surface area (Å²) in [4.78, 5) is 25.3. The highest BCUT2D eigenvalue weighted by Crippen LogP contribution is 2.38. The third-order valence-corrected chi connectivity index (χ3v) is 10.9. The molecule has 0 fully saturated rings. The van der Waals surface area contributed by atoms with Crippen LogP contribution in [0.25, 0.3) is 0 Å². The zero-order chi connectivity index (χ0) is 42.8. The van der Waals surface area contributed by atoms with Crippen LogP contribution < -0.4 is 10.2 Å². The number of carbonyl (C=O) groups is 1. The molecular formula is C49H89N2O6P. The van der Waals surface area contributed by atoms with E-state index in [1.807, 2.05) is 27.2 Å². The zero-order valence-corrected chi connectivity index (χ0v) is 38.9. The fourth-order valence-corrected chi connectivity index (χ4v) is 6.94. The number of allylic oxidation sites excluding steroid dienone is 11. The van der Waals surface area contributed by atoms with E-state index in [1.54, 1.807) is 6.08 Å². The summed E-state index contributed by atoms with van der Waals surface area (Å²) < 4.78 is 23.2. The number of hydrogen-bond donors (Lipinski definition) is 2.